The van der Waals surface area contributed by atoms with Crippen LogP contribution < -0.4 is 5.73 Å². The Kier molecular flexibility index (Phi) is 1.45. The average molecular weight is 139 g/mol. The third-order valence-electron chi connectivity index (χ3n) is 1.22. The van der Waals surface area contributed by atoms with Gasteiger partial charge in [0.15, 0.2) is 0 Å². The maximum Gasteiger partial charge on any atom is 0.339 e. The molecule has 1 aromatic heterocycles. The molecule has 1 amide bonds. The number of nitrogens with zero attached hydrogens (tertiary/aromatic N) is 2. The molecule has 10 heavy (non-hydrogen) atoms. The second-order valence-electron chi connectivity index (χ2n) is 2.18. The molecular weight excluding hydrogens is 130 g/mol. The molecule has 0 atom stereocenters. The molecule has 0 aromatic carbocycles. The molecule has 0 aliphatic rings. The molecule has 1 aromatic rings. The van der Waals surface area contributed by atoms with Crippen molar-refractivity contribution >= 4 is 6.03 Å². The third-order valence-corrected chi connectivity index (χ3v) is 1.22. The van der Waals surface area contributed by atoms with Gasteiger partial charge in [-0.1, -0.05) is 0 Å². The molecule has 4 nitrogen and oxygen atoms in total. The van der Waals surface area contributed by atoms with Gasteiger partial charge in [0.05, 0.1) is 5.69 Å². The van der Waals surface area contributed by atoms with Crippen LogP contribution in [0, 0.1) is 13.8 Å². The van der Waals surface area contributed by atoms with Gasteiger partial charge in [0.2, 0.25) is 0 Å². The van der Waals surface area contributed by atoms with Gasteiger partial charge in [-0.15, -0.1) is 0 Å². The summed E-state index contributed by atoms with van der Waals surface area (Å²) in [4.78, 5) is 10.6. The highest BCUT2D eigenvalue weighted by atomic mass is 16.2. The Morgan fingerprint density at radius 2 is 2.30 bits per heavy atom. The average Bonchev–Trinajstić information content (AvgIpc) is 2.10. The minimum absolute atomic E-state index is 0.536. The number of carbonyl (C=O) groups is 1. The van der Waals surface area contributed by atoms with Gasteiger partial charge in [0.25, 0.3) is 0 Å². The normalized spacial score (nSPS) is 9.80. The van der Waals surface area contributed by atoms with E-state index in [1.165, 1.54) is 4.68 Å². The van der Waals surface area contributed by atoms with Gasteiger partial charge in [-0.3, -0.25) is 0 Å². The maximum absolute atomic E-state index is 10.6. The van der Waals surface area contributed by atoms with E-state index in [-0.39, 0.29) is 0 Å². The highest BCUT2D eigenvalue weighted by molar-refractivity contribution is 5.74. The summed E-state index contributed by atoms with van der Waals surface area (Å²) >= 11 is 0. The van der Waals surface area contributed by atoms with Crippen LogP contribution in [0.5, 0.6) is 0 Å². The summed E-state index contributed by atoms with van der Waals surface area (Å²) in [6.07, 6.45) is 0. The Hall–Kier alpha value is -1.32. The van der Waals surface area contributed by atoms with E-state index in [0.29, 0.717) is 0 Å². The van der Waals surface area contributed by atoms with E-state index in [1.54, 1.807) is 13.0 Å². The van der Waals surface area contributed by atoms with E-state index in [9.17, 15) is 4.79 Å². The fraction of sp³-hybridized carbons (Fsp3) is 0.333. The van der Waals surface area contributed by atoms with E-state index in [0.717, 1.165) is 11.4 Å². The molecule has 0 fully saturated rings. The quantitative estimate of drug-likeness (QED) is 0.566. The maximum atomic E-state index is 10.6. The Morgan fingerprint density at radius 1 is 1.70 bits per heavy atom. The van der Waals surface area contributed by atoms with Crippen LogP contribution in [0.3, 0.4) is 0 Å². The highest BCUT2D eigenvalue weighted by Gasteiger charge is 2.03. The van der Waals surface area contributed by atoms with Crippen LogP contribution in [0.4, 0.5) is 4.79 Å². The summed E-state index contributed by atoms with van der Waals surface area (Å²) in [6, 6.07) is 1.26. The van der Waals surface area contributed by atoms with E-state index in [1.807, 2.05) is 6.92 Å². The van der Waals surface area contributed by atoms with Crippen LogP contribution in [0.2, 0.25) is 0 Å². The summed E-state index contributed by atoms with van der Waals surface area (Å²) in [5, 5.41) is 3.85. The second kappa shape index (κ2) is 2.13. The lowest BCUT2D eigenvalue weighted by Gasteiger charge is -1.93. The summed E-state index contributed by atoms with van der Waals surface area (Å²) in [5.74, 6) is 0. The lowest BCUT2D eigenvalue weighted by Crippen LogP contribution is -2.21. The largest absolute Gasteiger partial charge is 0.350 e. The Morgan fingerprint density at radius 3 is 2.50 bits per heavy atom. The van der Waals surface area contributed by atoms with E-state index >= 15 is 0 Å². The SMILES string of the molecule is Cc1cc(C)n(C(N)=O)n1. The molecule has 0 aliphatic carbocycles. The van der Waals surface area contributed by atoms with Crippen LogP contribution in [0.15, 0.2) is 6.07 Å². The molecule has 1 rings (SSSR count). The minimum Gasteiger partial charge on any atom is -0.350 e. The number of amides is 1. The molecule has 0 bridgehead atoms. The summed E-state index contributed by atoms with van der Waals surface area (Å²) in [6.45, 7) is 3.59. The van der Waals surface area contributed by atoms with Crippen LogP contribution in [-0.2, 0) is 0 Å². The molecule has 0 aliphatic heterocycles. The van der Waals surface area contributed by atoms with Gasteiger partial charge in [-0.05, 0) is 19.9 Å². The van der Waals surface area contributed by atoms with Crippen LogP contribution in [0.1, 0.15) is 11.4 Å². The smallest absolute Gasteiger partial charge is 0.339 e. The van der Waals surface area contributed by atoms with Crippen LogP contribution in [-0.4, -0.2) is 15.8 Å². The summed E-state index contributed by atoms with van der Waals surface area (Å²) in [5.41, 5.74) is 6.56. The third kappa shape index (κ3) is 1.00. The van der Waals surface area contributed by atoms with Gasteiger partial charge in [0, 0.05) is 5.69 Å². The molecule has 0 spiro atoms. The minimum atomic E-state index is -0.536. The van der Waals surface area contributed by atoms with Crippen molar-refractivity contribution in [2.45, 2.75) is 13.8 Å². The highest BCUT2D eigenvalue weighted by Crippen LogP contribution is 1.99. The van der Waals surface area contributed by atoms with E-state index < -0.39 is 6.03 Å². The molecule has 0 saturated carbocycles. The molecule has 54 valence electrons. The number of hydrogen-bond acceptors (Lipinski definition) is 2. The van der Waals surface area contributed by atoms with Crippen molar-refractivity contribution in [2.24, 2.45) is 5.73 Å². The van der Waals surface area contributed by atoms with E-state index in [4.69, 9.17) is 5.73 Å². The Balaban J connectivity index is 3.15. The van der Waals surface area contributed by atoms with Crippen molar-refractivity contribution in [3.05, 3.63) is 17.5 Å². The number of aryl methyl sites for hydroxylation is 2. The number of primary amides is 1. The zero-order valence-corrected chi connectivity index (χ0v) is 5.96. The first kappa shape index (κ1) is 6.80. The topological polar surface area (TPSA) is 60.9 Å². The van der Waals surface area contributed by atoms with Crippen molar-refractivity contribution in [2.75, 3.05) is 0 Å². The lowest BCUT2D eigenvalue weighted by molar-refractivity contribution is 0.247. The standard InChI is InChI=1S/C6H9N3O/c1-4-3-5(2)9(8-4)6(7)10/h3H,1-2H3,(H2,7,10). The van der Waals surface area contributed by atoms with Crippen molar-refractivity contribution < 1.29 is 4.79 Å². The number of hydrogen-bond donors (Lipinski definition) is 1. The predicted molar refractivity (Wildman–Crippen MR) is 36.7 cm³/mol. The van der Waals surface area contributed by atoms with Gasteiger partial charge >= 0.3 is 6.03 Å². The monoisotopic (exact) mass is 139 g/mol. The second-order valence-corrected chi connectivity index (χ2v) is 2.18. The van der Waals surface area contributed by atoms with Gasteiger partial charge < -0.3 is 5.73 Å². The number of aromatic nitrogens is 2. The molecule has 0 unspecified atom stereocenters. The number of rotatable bonds is 0. The lowest BCUT2D eigenvalue weighted by atomic mass is 10.4. The molecule has 0 radical (unpaired) electrons. The van der Waals surface area contributed by atoms with Crippen molar-refractivity contribution in [3.63, 3.8) is 0 Å². The number of carbonyl (C=O) groups excluding carboxylic acids is 1. The fourth-order valence-electron chi connectivity index (χ4n) is 0.852. The van der Waals surface area contributed by atoms with Crippen molar-refractivity contribution in [3.8, 4) is 0 Å². The van der Waals surface area contributed by atoms with Crippen LogP contribution in [0.25, 0.3) is 0 Å². The fourth-order valence-corrected chi connectivity index (χ4v) is 0.852. The first-order chi connectivity index (χ1) is 4.61. The first-order valence-electron chi connectivity index (χ1n) is 2.94. The zero-order chi connectivity index (χ0) is 7.72. The van der Waals surface area contributed by atoms with E-state index in [2.05, 4.69) is 5.10 Å². The van der Waals surface area contributed by atoms with Gasteiger partial charge in [-0.25, -0.2) is 4.79 Å². The molecule has 0 saturated heterocycles. The van der Waals surface area contributed by atoms with Crippen molar-refractivity contribution in [1.82, 2.24) is 9.78 Å². The molecular formula is C6H9N3O. The summed E-state index contributed by atoms with van der Waals surface area (Å²) in [7, 11) is 0. The molecule has 4 heteroatoms. The Labute approximate surface area is 58.6 Å². The number of nitrogens with two attached hydrogens (primary N) is 1. The van der Waals surface area contributed by atoms with Gasteiger partial charge in [-0.2, -0.15) is 9.78 Å². The first-order valence-corrected chi connectivity index (χ1v) is 2.94. The summed E-state index contributed by atoms with van der Waals surface area (Å²) < 4.78 is 1.18. The molecule has 2 N–H and O–H groups in total. The van der Waals surface area contributed by atoms with Crippen molar-refractivity contribution in [1.29, 1.82) is 0 Å². The zero-order valence-electron chi connectivity index (χ0n) is 5.96. The molecule has 1 heterocycles. The Bertz CT molecular complexity index is 264. The van der Waals surface area contributed by atoms with Gasteiger partial charge in [0.1, 0.15) is 0 Å². The predicted octanol–water partition coefficient (Wildman–Crippen LogP) is 0.427. The van der Waals surface area contributed by atoms with Crippen LogP contribution >= 0.6 is 0 Å².